The third-order valence-corrected chi connectivity index (χ3v) is 5.34. The standard InChI is InChI=1S/C20H20N4O/c1-12-8-15(10-14-11-18(25)22-19(12)14)24-13(2)9-16-17(23-6-3-7-23)4-5-21-20(16)24/h4-5,8-10H,3,6-7,11H2,1-2H3,(H,22,25). The van der Waals surface area contributed by atoms with Gasteiger partial charge in [-0.2, -0.15) is 0 Å². The van der Waals surface area contributed by atoms with Crippen LogP contribution in [0.4, 0.5) is 11.4 Å². The highest BCUT2D eigenvalue weighted by Crippen LogP contribution is 2.35. The van der Waals surface area contributed by atoms with Crippen LogP contribution in [0.5, 0.6) is 0 Å². The van der Waals surface area contributed by atoms with Crippen molar-refractivity contribution in [2.75, 3.05) is 23.3 Å². The van der Waals surface area contributed by atoms with E-state index in [0.717, 1.165) is 46.9 Å². The smallest absolute Gasteiger partial charge is 0.228 e. The Morgan fingerprint density at radius 3 is 2.76 bits per heavy atom. The number of aromatic nitrogens is 2. The molecule has 5 rings (SSSR count). The minimum Gasteiger partial charge on any atom is -0.371 e. The molecule has 0 unspecified atom stereocenters. The zero-order valence-electron chi connectivity index (χ0n) is 14.5. The lowest BCUT2D eigenvalue weighted by molar-refractivity contribution is -0.115. The number of carbonyl (C=O) groups is 1. The largest absolute Gasteiger partial charge is 0.371 e. The van der Waals surface area contributed by atoms with Crippen LogP contribution in [0, 0.1) is 13.8 Å². The maximum Gasteiger partial charge on any atom is 0.228 e. The average Bonchev–Trinajstić information content (AvgIpc) is 3.05. The highest BCUT2D eigenvalue weighted by Gasteiger charge is 2.23. The minimum atomic E-state index is 0.0718. The van der Waals surface area contributed by atoms with Crippen molar-refractivity contribution in [1.82, 2.24) is 9.55 Å². The van der Waals surface area contributed by atoms with Gasteiger partial charge in [-0.05, 0) is 55.7 Å². The van der Waals surface area contributed by atoms with Crippen molar-refractivity contribution in [3.8, 4) is 5.69 Å². The molecule has 1 aromatic carbocycles. The van der Waals surface area contributed by atoms with E-state index in [1.54, 1.807) is 0 Å². The molecule has 1 saturated heterocycles. The fourth-order valence-corrected chi connectivity index (χ4v) is 4.01. The molecule has 0 spiro atoms. The molecule has 126 valence electrons. The molecule has 1 amide bonds. The number of hydrogen-bond acceptors (Lipinski definition) is 3. The fraction of sp³-hybridized carbons (Fsp3) is 0.300. The van der Waals surface area contributed by atoms with Gasteiger partial charge in [0.05, 0.1) is 6.42 Å². The number of nitrogens with one attached hydrogen (secondary N) is 1. The number of rotatable bonds is 2. The van der Waals surface area contributed by atoms with E-state index < -0.39 is 0 Å². The topological polar surface area (TPSA) is 50.2 Å². The van der Waals surface area contributed by atoms with E-state index in [2.05, 4.69) is 51.0 Å². The first kappa shape index (κ1) is 14.5. The Bertz CT molecular complexity index is 1030. The van der Waals surface area contributed by atoms with Gasteiger partial charge in [-0.25, -0.2) is 4.98 Å². The third-order valence-electron chi connectivity index (χ3n) is 5.34. The second-order valence-electron chi connectivity index (χ2n) is 7.05. The van der Waals surface area contributed by atoms with Crippen LogP contribution in [0.2, 0.25) is 0 Å². The van der Waals surface area contributed by atoms with Crippen LogP contribution in [-0.4, -0.2) is 28.5 Å². The van der Waals surface area contributed by atoms with E-state index in [4.69, 9.17) is 0 Å². The van der Waals surface area contributed by atoms with Crippen molar-refractivity contribution in [2.24, 2.45) is 0 Å². The van der Waals surface area contributed by atoms with Gasteiger partial charge in [0, 0.05) is 47.4 Å². The maximum atomic E-state index is 11.8. The van der Waals surface area contributed by atoms with Crippen LogP contribution in [0.3, 0.4) is 0 Å². The lowest BCUT2D eigenvalue weighted by Gasteiger charge is -2.33. The molecular weight excluding hydrogens is 312 g/mol. The van der Waals surface area contributed by atoms with Gasteiger partial charge in [-0.3, -0.25) is 9.36 Å². The highest BCUT2D eigenvalue weighted by atomic mass is 16.1. The number of aryl methyl sites for hydroxylation is 2. The number of benzene rings is 1. The van der Waals surface area contributed by atoms with E-state index in [9.17, 15) is 4.79 Å². The van der Waals surface area contributed by atoms with Crippen LogP contribution in [0.15, 0.2) is 30.5 Å². The van der Waals surface area contributed by atoms with Crippen molar-refractivity contribution in [3.63, 3.8) is 0 Å². The summed E-state index contributed by atoms with van der Waals surface area (Å²) in [6.07, 6.45) is 3.61. The zero-order valence-corrected chi connectivity index (χ0v) is 14.5. The number of carbonyl (C=O) groups excluding carboxylic acids is 1. The van der Waals surface area contributed by atoms with E-state index in [-0.39, 0.29) is 5.91 Å². The van der Waals surface area contributed by atoms with Gasteiger partial charge in [0.1, 0.15) is 5.65 Å². The molecule has 25 heavy (non-hydrogen) atoms. The first-order valence-electron chi connectivity index (χ1n) is 8.77. The average molecular weight is 332 g/mol. The Morgan fingerprint density at radius 1 is 1.16 bits per heavy atom. The summed E-state index contributed by atoms with van der Waals surface area (Å²) in [5.74, 6) is 0.0718. The molecule has 0 aliphatic carbocycles. The summed E-state index contributed by atoms with van der Waals surface area (Å²) in [4.78, 5) is 18.8. The van der Waals surface area contributed by atoms with Crippen LogP contribution in [0.1, 0.15) is 23.2 Å². The van der Waals surface area contributed by atoms with Crippen molar-refractivity contribution in [2.45, 2.75) is 26.7 Å². The van der Waals surface area contributed by atoms with E-state index in [1.807, 2.05) is 13.1 Å². The molecule has 2 aliphatic rings. The SMILES string of the molecule is Cc1cc(-n2c(C)cc3c(N4CCC4)ccnc32)cc2c1NC(=O)C2. The molecule has 0 atom stereocenters. The molecule has 2 aromatic heterocycles. The summed E-state index contributed by atoms with van der Waals surface area (Å²) < 4.78 is 2.20. The minimum absolute atomic E-state index is 0.0718. The summed E-state index contributed by atoms with van der Waals surface area (Å²) in [6, 6.07) is 8.59. The lowest BCUT2D eigenvalue weighted by Crippen LogP contribution is -2.37. The van der Waals surface area contributed by atoms with Gasteiger partial charge in [0.25, 0.3) is 0 Å². The van der Waals surface area contributed by atoms with Gasteiger partial charge in [0.2, 0.25) is 5.91 Å². The molecule has 0 bridgehead atoms. The quantitative estimate of drug-likeness (QED) is 0.783. The Labute approximate surface area is 146 Å². The molecule has 5 nitrogen and oxygen atoms in total. The number of nitrogens with zero attached hydrogens (tertiary/aromatic N) is 3. The normalized spacial score (nSPS) is 16.1. The number of pyridine rings is 1. The lowest BCUT2D eigenvalue weighted by atomic mass is 10.1. The fourth-order valence-electron chi connectivity index (χ4n) is 4.01. The molecule has 1 N–H and O–H groups in total. The van der Waals surface area contributed by atoms with Crippen LogP contribution >= 0.6 is 0 Å². The number of amides is 1. The Morgan fingerprint density at radius 2 is 2.00 bits per heavy atom. The number of fused-ring (bicyclic) bond motifs is 2. The first-order valence-corrected chi connectivity index (χ1v) is 8.77. The second kappa shape index (κ2) is 5.09. The Hall–Kier alpha value is -2.82. The molecule has 1 fully saturated rings. The summed E-state index contributed by atoms with van der Waals surface area (Å²) in [6.45, 7) is 6.41. The van der Waals surface area contributed by atoms with Crippen LogP contribution < -0.4 is 10.2 Å². The summed E-state index contributed by atoms with van der Waals surface area (Å²) in [7, 11) is 0. The first-order chi connectivity index (χ1) is 12.1. The number of anilines is 2. The summed E-state index contributed by atoms with van der Waals surface area (Å²) in [5.41, 5.74) is 7.63. The molecule has 3 aromatic rings. The Balaban J connectivity index is 1.71. The highest BCUT2D eigenvalue weighted by molar-refractivity contribution is 6.00. The molecule has 0 radical (unpaired) electrons. The monoisotopic (exact) mass is 332 g/mol. The van der Waals surface area contributed by atoms with E-state index in [1.165, 1.54) is 17.5 Å². The van der Waals surface area contributed by atoms with Crippen LogP contribution in [-0.2, 0) is 11.2 Å². The van der Waals surface area contributed by atoms with Gasteiger partial charge in [-0.15, -0.1) is 0 Å². The van der Waals surface area contributed by atoms with Gasteiger partial charge >= 0.3 is 0 Å². The zero-order chi connectivity index (χ0) is 17.1. The van der Waals surface area contributed by atoms with E-state index in [0.29, 0.717) is 6.42 Å². The van der Waals surface area contributed by atoms with Crippen LogP contribution in [0.25, 0.3) is 16.7 Å². The predicted octanol–water partition coefficient (Wildman–Crippen LogP) is 3.35. The number of hydrogen-bond donors (Lipinski definition) is 1. The van der Waals surface area contributed by atoms with Gasteiger partial charge in [-0.1, -0.05) is 0 Å². The molecule has 5 heteroatoms. The molecule has 0 saturated carbocycles. The summed E-state index contributed by atoms with van der Waals surface area (Å²) in [5, 5.41) is 4.16. The van der Waals surface area contributed by atoms with Crippen molar-refractivity contribution >= 4 is 28.3 Å². The van der Waals surface area contributed by atoms with Crippen molar-refractivity contribution in [1.29, 1.82) is 0 Å². The predicted molar refractivity (Wildman–Crippen MR) is 99.7 cm³/mol. The maximum absolute atomic E-state index is 11.8. The molecular formula is C20H20N4O. The van der Waals surface area contributed by atoms with Gasteiger partial charge in [0.15, 0.2) is 0 Å². The summed E-state index contributed by atoms with van der Waals surface area (Å²) >= 11 is 0. The van der Waals surface area contributed by atoms with E-state index >= 15 is 0 Å². The molecule has 2 aliphatic heterocycles. The Kier molecular flexibility index (Phi) is 2.95. The second-order valence-corrected chi connectivity index (χ2v) is 7.05. The molecule has 4 heterocycles. The third kappa shape index (κ3) is 2.08. The van der Waals surface area contributed by atoms with Crippen molar-refractivity contribution < 1.29 is 4.79 Å². The van der Waals surface area contributed by atoms with Gasteiger partial charge < -0.3 is 10.2 Å². The van der Waals surface area contributed by atoms with Crippen molar-refractivity contribution in [3.05, 3.63) is 47.3 Å².